The third-order valence-electron chi connectivity index (χ3n) is 5.27. The second kappa shape index (κ2) is 9.76. The number of Topliss-reactive ketones (excluding diaryl/α,β-unsaturated/α-hetero) is 2. The predicted molar refractivity (Wildman–Crippen MR) is 129 cm³/mol. The van der Waals surface area contributed by atoms with Gasteiger partial charge in [-0.1, -0.05) is 89.0 Å². The van der Waals surface area contributed by atoms with Crippen LogP contribution < -0.4 is 0 Å². The van der Waals surface area contributed by atoms with E-state index in [9.17, 15) is 19.5 Å². The van der Waals surface area contributed by atoms with E-state index in [-0.39, 0.29) is 24.4 Å². The summed E-state index contributed by atoms with van der Waals surface area (Å²) in [4.78, 5) is 36.9. The Hall–Kier alpha value is -2.17. The van der Waals surface area contributed by atoms with Crippen LogP contribution in [-0.4, -0.2) is 22.6 Å². The maximum Gasteiger partial charge on any atom is 0.307 e. The lowest BCUT2D eigenvalue weighted by atomic mass is 9.85. The smallest absolute Gasteiger partial charge is 0.307 e. The minimum atomic E-state index is -0.971. The monoisotopic (exact) mass is 476 g/mol. The summed E-state index contributed by atoms with van der Waals surface area (Å²) in [6.45, 7) is 11.0. The first-order chi connectivity index (χ1) is 14.6. The molecule has 2 aromatic carbocycles. The van der Waals surface area contributed by atoms with E-state index in [2.05, 4.69) is 0 Å². The SMILES string of the molecule is CC(C)(C)C(=O)c1ccc(CC(Cc2ccc(C(=O)C(C)(C)C)cc2Cl)C(=O)O)c(Cl)c1. The Morgan fingerprint density at radius 1 is 0.750 bits per heavy atom. The molecule has 2 rings (SSSR count). The molecule has 0 radical (unpaired) electrons. The molecule has 32 heavy (non-hydrogen) atoms. The molecular formula is C26H30Cl2O4. The van der Waals surface area contributed by atoms with E-state index in [4.69, 9.17) is 23.2 Å². The number of rotatable bonds is 7. The molecule has 6 heteroatoms. The van der Waals surface area contributed by atoms with Crippen LogP contribution in [0.3, 0.4) is 0 Å². The van der Waals surface area contributed by atoms with Crippen LogP contribution in [0.25, 0.3) is 0 Å². The van der Waals surface area contributed by atoms with Crippen molar-refractivity contribution in [2.24, 2.45) is 16.7 Å². The van der Waals surface area contributed by atoms with Crippen LogP contribution in [0.5, 0.6) is 0 Å². The van der Waals surface area contributed by atoms with Crippen LogP contribution in [-0.2, 0) is 17.6 Å². The lowest BCUT2D eigenvalue weighted by Gasteiger charge is -2.19. The van der Waals surface area contributed by atoms with E-state index in [0.717, 1.165) is 0 Å². The number of benzene rings is 2. The fourth-order valence-electron chi connectivity index (χ4n) is 3.35. The lowest BCUT2D eigenvalue weighted by molar-refractivity contribution is -0.141. The molecule has 4 nitrogen and oxygen atoms in total. The Kier molecular flexibility index (Phi) is 7.96. The van der Waals surface area contributed by atoms with Gasteiger partial charge >= 0.3 is 5.97 Å². The highest BCUT2D eigenvalue weighted by Crippen LogP contribution is 2.29. The Morgan fingerprint density at radius 3 is 1.34 bits per heavy atom. The number of hydrogen-bond donors (Lipinski definition) is 1. The maximum absolute atomic E-state index is 12.5. The van der Waals surface area contributed by atoms with Gasteiger partial charge in [0, 0.05) is 32.0 Å². The zero-order valence-corrected chi connectivity index (χ0v) is 20.9. The molecule has 0 unspecified atom stereocenters. The number of carbonyl (C=O) groups excluding carboxylic acids is 2. The zero-order valence-electron chi connectivity index (χ0n) is 19.4. The van der Waals surface area contributed by atoms with Gasteiger partial charge < -0.3 is 5.11 Å². The number of carboxylic acid groups (broad SMARTS) is 1. The van der Waals surface area contributed by atoms with Gasteiger partial charge in [-0.25, -0.2) is 0 Å². The second-order valence-electron chi connectivity index (χ2n) is 10.2. The zero-order chi connectivity index (χ0) is 24.4. The molecule has 0 aliphatic heterocycles. The molecule has 0 atom stereocenters. The minimum absolute atomic E-state index is 0.0302. The molecule has 0 aliphatic carbocycles. The largest absolute Gasteiger partial charge is 0.481 e. The first-order valence-corrected chi connectivity index (χ1v) is 11.3. The molecule has 0 fully saturated rings. The summed E-state index contributed by atoms with van der Waals surface area (Å²) < 4.78 is 0. The van der Waals surface area contributed by atoms with Gasteiger partial charge in [-0.2, -0.15) is 0 Å². The van der Waals surface area contributed by atoms with Gasteiger partial charge in [-0.15, -0.1) is 0 Å². The molecular weight excluding hydrogens is 447 g/mol. The summed E-state index contributed by atoms with van der Waals surface area (Å²) in [6.07, 6.45) is 0.383. The molecule has 1 N–H and O–H groups in total. The highest BCUT2D eigenvalue weighted by molar-refractivity contribution is 6.32. The van der Waals surface area contributed by atoms with Crippen molar-refractivity contribution < 1.29 is 19.5 Å². The molecule has 2 aromatic rings. The molecule has 0 saturated carbocycles. The van der Waals surface area contributed by atoms with Crippen molar-refractivity contribution in [2.75, 3.05) is 0 Å². The summed E-state index contributed by atoms with van der Waals surface area (Å²) in [5.41, 5.74) is 1.23. The fraction of sp³-hybridized carbons (Fsp3) is 0.423. The number of ketones is 2. The maximum atomic E-state index is 12.5. The van der Waals surface area contributed by atoms with Crippen molar-refractivity contribution in [2.45, 2.75) is 54.4 Å². The predicted octanol–water partition coefficient (Wildman–Crippen LogP) is 6.94. The number of hydrogen-bond acceptors (Lipinski definition) is 3. The Bertz CT molecular complexity index is 965. The minimum Gasteiger partial charge on any atom is -0.481 e. The van der Waals surface area contributed by atoms with E-state index in [1.165, 1.54) is 0 Å². The van der Waals surface area contributed by atoms with Gasteiger partial charge in [0.15, 0.2) is 11.6 Å². The topological polar surface area (TPSA) is 71.4 Å². The van der Waals surface area contributed by atoms with Crippen molar-refractivity contribution in [1.29, 1.82) is 0 Å². The average Bonchev–Trinajstić information content (AvgIpc) is 2.67. The molecule has 0 aromatic heterocycles. The normalized spacial score (nSPS) is 12.2. The van der Waals surface area contributed by atoms with Crippen molar-refractivity contribution in [3.63, 3.8) is 0 Å². The molecule has 172 valence electrons. The summed E-state index contributed by atoms with van der Waals surface area (Å²) in [5, 5.41) is 10.5. The summed E-state index contributed by atoms with van der Waals surface area (Å²) in [7, 11) is 0. The number of carboxylic acids is 1. The van der Waals surface area contributed by atoms with Crippen molar-refractivity contribution in [3.05, 3.63) is 68.7 Å². The van der Waals surface area contributed by atoms with E-state index in [1.54, 1.807) is 36.4 Å². The lowest BCUT2D eigenvalue weighted by Crippen LogP contribution is -2.22. The first kappa shape index (κ1) is 26.1. The van der Waals surface area contributed by atoms with E-state index in [1.807, 2.05) is 41.5 Å². The number of aliphatic carboxylic acids is 1. The Balaban J connectivity index is 2.25. The quantitative estimate of drug-likeness (QED) is 0.439. The Morgan fingerprint density at radius 2 is 1.09 bits per heavy atom. The van der Waals surface area contributed by atoms with E-state index >= 15 is 0 Å². The van der Waals surface area contributed by atoms with Crippen molar-refractivity contribution in [3.8, 4) is 0 Å². The third kappa shape index (κ3) is 6.43. The number of halogens is 2. The third-order valence-corrected chi connectivity index (χ3v) is 5.98. The van der Waals surface area contributed by atoms with Gasteiger partial charge in [0.1, 0.15) is 0 Å². The molecule has 0 spiro atoms. The second-order valence-corrected chi connectivity index (χ2v) is 11.0. The average molecular weight is 477 g/mol. The van der Waals surface area contributed by atoms with Crippen LogP contribution in [0.1, 0.15) is 73.4 Å². The molecule has 0 saturated heterocycles. The molecule has 0 bridgehead atoms. The van der Waals surface area contributed by atoms with E-state index in [0.29, 0.717) is 32.3 Å². The van der Waals surface area contributed by atoms with Gasteiger partial charge in [0.25, 0.3) is 0 Å². The van der Waals surface area contributed by atoms with Crippen LogP contribution in [0, 0.1) is 16.7 Å². The molecule has 0 amide bonds. The van der Waals surface area contributed by atoms with Crippen LogP contribution in [0.15, 0.2) is 36.4 Å². The summed E-state index contributed by atoms with van der Waals surface area (Å²) >= 11 is 12.8. The van der Waals surface area contributed by atoms with Gasteiger partial charge in [-0.05, 0) is 36.1 Å². The highest BCUT2D eigenvalue weighted by Gasteiger charge is 2.26. The first-order valence-electron chi connectivity index (χ1n) is 10.5. The van der Waals surface area contributed by atoms with E-state index < -0.39 is 22.7 Å². The van der Waals surface area contributed by atoms with Crippen molar-refractivity contribution in [1.82, 2.24) is 0 Å². The number of carbonyl (C=O) groups is 3. The van der Waals surface area contributed by atoms with Crippen LogP contribution in [0.2, 0.25) is 10.0 Å². The van der Waals surface area contributed by atoms with Crippen LogP contribution in [0.4, 0.5) is 0 Å². The molecule has 0 aliphatic rings. The Labute approximate surface area is 199 Å². The highest BCUT2D eigenvalue weighted by atomic mass is 35.5. The summed E-state index contributed by atoms with van der Waals surface area (Å²) in [6, 6.07) is 10.0. The molecule has 0 heterocycles. The van der Waals surface area contributed by atoms with Gasteiger partial charge in [-0.3, -0.25) is 14.4 Å². The van der Waals surface area contributed by atoms with Gasteiger partial charge in [0.05, 0.1) is 5.92 Å². The summed E-state index contributed by atoms with van der Waals surface area (Å²) in [5.74, 6) is -1.80. The standard InChI is InChI=1S/C26H30Cl2O4/c1-25(2,3)22(29)17-9-7-15(20(27)13-17)11-19(24(31)32)12-16-8-10-18(14-21(16)28)23(30)26(4,5)6/h7-10,13-14,19H,11-12H2,1-6H3,(H,31,32). The van der Waals surface area contributed by atoms with Crippen LogP contribution >= 0.6 is 23.2 Å². The van der Waals surface area contributed by atoms with Gasteiger partial charge in [0.2, 0.25) is 0 Å². The van der Waals surface area contributed by atoms with Crippen molar-refractivity contribution >= 4 is 40.7 Å². The fourth-order valence-corrected chi connectivity index (χ4v) is 3.87.